The number of nitrogens with one attached hydrogen (secondary N) is 1. The van der Waals surface area contributed by atoms with Crippen molar-refractivity contribution < 1.29 is 13.7 Å². The highest BCUT2D eigenvalue weighted by molar-refractivity contribution is 7.99. The van der Waals surface area contributed by atoms with Gasteiger partial charge >= 0.3 is 0 Å². The monoisotopic (exact) mass is 328 g/mol. The summed E-state index contributed by atoms with van der Waals surface area (Å²) in [5.74, 6) is 0.582. The van der Waals surface area contributed by atoms with Crippen LogP contribution in [0.5, 0.6) is 0 Å². The van der Waals surface area contributed by atoms with Gasteiger partial charge in [-0.3, -0.25) is 4.79 Å². The van der Waals surface area contributed by atoms with Crippen LogP contribution in [0.2, 0.25) is 5.02 Å². The Balaban J connectivity index is 1.88. The molecule has 0 radical (unpaired) electrons. The number of hydrogen-bond acceptors (Lipinski definition) is 4. The van der Waals surface area contributed by atoms with Crippen molar-refractivity contribution in [1.29, 1.82) is 0 Å². The number of amides is 1. The molecule has 0 fully saturated rings. The van der Waals surface area contributed by atoms with Gasteiger partial charge in [-0.1, -0.05) is 16.8 Å². The number of benzene rings is 1. The molecule has 1 aromatic heterocycles. The topological polar surface area (TPSA) is 55.1 Å². The molecule has 0 unspecified atom stereocenters. The van der Waals surface area contributed by atoms with Crippen molar-refractivity contribution in [2.75, 3.05) is 5.32 Å². The number of carbonyl (C=O) groups excluding carboxylic acids is 1. The summed E-state index contributed by atoms with van der Waals surface area (Å²) in [5.41, 5.74) is 1.28. The third-order valence-electron chi connectivity index (χ3n) is 2.71. The average molecular weight is 329 g/mol. The first-order valence-corrected chi connectivity index (χ1v) is 7.68. The van der Waals surface area contributed by atoms with Crippen molar-refractivity contribution >= 4 is 35.0 Å². The molecule has 0 spiro atoms. The Kier molecular flexibility index (Phi) is 5.25. The van der Waals surface area contributed by atoms with Crippen molar-refractivity contribution in [1.82, 2.24) is 5.16 Å². The van der Waals surface area contributed by atoms with Crippen LogP contribution in [0, 0.1) is 12.7 Å². The van der Waals surface area contributed by atoms with E-state index >= 15 is 0 Å². The molecule has 2 aromatic rings. The predicted octanol–water partition coefficient (Wildman–Crippen LogP) is 4.04. The molecule has 1 atom stereocenters. The number of aryl methyl sites for hydroxylation is 1. The number of halogens is 2. The van der Waals surface area contributed by atoms with Crippen molar-refractivity contribution in [2.24, 2.45) is 0 Å². The minimum atomic E-state index is -0.516. The molecular weight excluding hydrogens is 315 g/mol. The van der Waals surface area contributed by atoms with E-state index in [1.165, 1.54) is 30.0 Å². The number of rotatable bonds is 5. The van der Waals surface area contributed by atoms with Gasteiger partial charge in [0.1, 0.15) is 11.6 Å². The highest BCUT2D eigenvalue weighted by Crippen LogP contribution is 2.22. The molecular formula is C14H14ClFN2O2S. The van der Waals surface area contributed by atoms with Crippen LogP contribution in [0.3, 0.4) is 0 Å². The van der Waals surface area contributed by atoms with E-state index in [2.05, 4.69) is 10.5 Å². The van der Waals surface area contributed by atoms with Crippen molar-refractivity contribution in [3.63, 3.8) is 0 Å². The SMILES string of the molecule is Cc1cc(CS[C@@H](C)C(=O)Nc2ccc(F)c(Cl)c2)on1. The number of thioether (sulfide) groups is 1. The zero-order valence-electron chi connectivity index (χ0n) is 11.5. The number of hydrogen-bond donors (Lipinski definition) is 1. The Morgan fingerprint density at radius 2 is 2.29 bits per heavy atom. The summed E-state index contributed by atoms with van der Waals surface area (Å²) in [6.07, 6.45) is 0. The van der Waals surface area contributed by atoms with Crippen LogP contribution in [0.4, 0.5) is 10.1 Å². The minimum Gasteiger partial charge on any atom is -0.360 e. The Bertz CT molecular complexity index is 648. The number of anilines is 1. The molecule has 4 nitrogen and oxygen atoms in total. The third-order valence-corrected chi connectivity index (χ3v) is 4.16. The number of nitrogens with zero attached hydrogens (tertiary/aromatic N) is 1. The fraction of sp³-hybridized carbons (Fsp3) is 0.286. The smallest absolute Gasteiger partial charge is 0.237 e. The molecule has 0 aliphatic rings. The summed E-state index contributed by atoms with van der Waals surface area (Å²) in [5, 5.41) is 6.16. The van der Waals surface area contributed by atoms with Gasteiger partial charge in [0, 0.05) is 11.8 Å². The summed E-state index contributed by atoms with van der Waals surface area (Å²) >= 11 is 7.09. The maximum Gasteiger partial charge on any atom is 0.237 e. The van der Waals surface area contributed by atoms with E-state index in [0.717, 1.165) is 11.5 Å². The van der Waals surface area contributed by atoms with Crippen molar-refractivity contribution in [3.8, 4) is 0 Å². The standard InChI is InChI=1S/C14H14ClFN2O2S/c1-8-5-11(20-18-8)7-21-9(2)14(19)17-10-3-4-13(16)12(15)6-10/h3-6,9H,7H2,1-2H3,(H,17,19)/t9-/m0/s1. The number of aromatic nitrogens is 1. The van der Waals surface area contributed by atoms with Crippen LogP contribution in [0.25, 0.3) is 0 Å². The molecule has 7 heteroatoms. The molecule has 0 bridgehead atoms. The van der Waals surface area contributed by atoms with E-state index in [9.17, 15) is 9.18 Å². The van der Waals surface area contributed by atoms with Gasteiger partial charge in [-0.25, -0.2) is 4.39 Å². The van der Waals surface area contributed by atoms with Gasteiger partial charge in [-0.2, -0.15) is 0 Å². The third kappa shape index (κ3) is 4.47. The molecule has 21 heavy (non-hydrogen) atoms. The van der Waals surface area contributed by atoms with Gasteiger partial charge in [0.2, 0.25) is 5.91 Å². The fourth-order valence-electron chi connectivity index (χ4n) is 1.58. The van der Waals surface area contributed by atoms with Crippen LogP contribution in [-0.2, 0) is 10.5 Å². The van der Waals surface area contributed by atoms with Gasteiger partial charge in [-0.15, -0.1) is 11.8 Å². The molecule has 0 saturated heterocycles. The van der Waals surface area contributed by atoms with E-state index < -0.39 is 5.82 Å². The molecule has 1 amide bonds. The molecule has 112 valence electrons. The summed E-state index contributed by atoms with van der Waals surface area (Å²) in [7, 11) is 0. The van der Waals surface area contributed by atoms with E-state index in [1.54, 1.807) is 6.92 Å². The van der Waals surface area contributed by atoms with Crippen molar-refractivity contribution in [2.45, 2.75) is 24.9 Å². The van der Waals surface area contributed by atoms with Crippen LogP contribution in [-0.4, -0.2) is 16.3 Å². The second-order valence-electron chi connectivity index (χ2n) is 4.51. The normalized spacial score (nSPS) is 12.2. The molecule has 1 N–H and O–H groups in total. The lowest BCUT2D eigenvalue weighted by molar-refractivity contribution is -0.115. The van der Waals surface area contributed by atoms with E-state index in [0.29, 0.717) is 11.4 Å². The van der Waals surface area contributed by atoms with E-state index in [4.69, 9.17) is 16.1 Å². The zero-order valence-corrected chi connectivity index (χ0v) is 13.1. The van der Waals surface area contributed by atoms with Gasteiger partial charge in [0.15, 0.2) is 0 Å². The largest absolute Gasteiger partial charge is 0.360 e. The summed E-state index contributed by atoms with van der Waals surface area (Å²) in [4.78, 5) is 12.0. The van der Waals surface area contributed by atoms with Crippen molar-refractivity contribution in [3.05, 3.63) is 46.6 Å². The van der Waals surface area contributed by atoms with Gasteiger partial charge in [0.05, 0.1) is 21.7 Å². The Hall–Kier alpha value is -1.53. The number of carbonyl (C=O) groups is 1. The predicted molar refractivity (Wildman–Crippen MR) is 82.0 cm³/mol. The van der Waals surface area contributed by atoms with Gasteiger partial charge < -0.3 is 9.84 Å². The van der Waals surface area contributed by atoms with Crippen LogP contribution >= 0.6 is 23.4 Å². The van der Waals surface area contributed by atoms with E-state index in [1.807, 2.05) is 13.0 Å². The first-order chi connectivity index (χ1) is 9.95. The Morgan fingerprint density at radius 3 is 2.90 bits per heavy atom. The second kappa shape index (κ2) is 6.95. The van der Waals surface area contributed by atoms with Crippen LogP contribution in [0.15, 0.2) is 28.8 Å². The van der Waals surface area contributed by atoms with Gasteiger partial charge in [-0.05, 0) is 32.0 Å². The molecule has 1 heterocycles. The molecule has 2 rings (SSSR count). The summed E-state index contributed by atoms with van der Waals surface area (Å²) in [6, 6.07) is 5.90. The minimum absolute atomic E-state index is 0.0229. The van der Waals surface area contributed by atoms with Gasteiger partial charge in [0.25, 0.3) is 0 Å². The van der Waals surface area contributed by atoms with E-state index in [-0.39, 0.29) is 16.2 Å². The average Bonchev–Trinajstić information content (AvgIpc) is 2.86. The maximum atomic E-state index is 13.0. The molecule has 0 aliphatic carbocycles. The molecule has 0 saturated carbocycles. The lowest BCUT2D eigenvalue weighted by Crippen LogP contribution is -2.22. The van der Waals surface area contributed by atoms with Crippen LogP contribution in [0.1, 0.15) is 18.4 Å². The highest BCUT2D eigenvalue weighted by atomic mass is 35.5. The maximum absolute atomic E-state index is 13.0. The quantitative estimate of drug-likeness (QED) is 0.900. The molecule has 1 aromatic carbocycles. The zero-order chi connectivity index (χ0) is 15.4. The Morgan fingerprint density at radius 1 is 1.52 bits per heavy atom. The summed E-state index contributed by atoms with van der Waals surface area (Å²) < 4.78 is 18.1. The highest BCUT2D eigenvalue weighted by Gasteiger charge is 2.15. The van der Waals surface area contributed by atoms with Crippen LogP contribution < -0.4 is 5.32 Å². The molecule has 0 aliphatic heterocycles. The lowest BCUT2D eigenvalue weighted by atomic mass is 10.3. The fourth-order valence-corrected chi connectivity index (χ4v) is 2.53. The first kappa shape index (κ1) is 15.9. The Labute approximate surface area is 131 Å². The summed E-state index contributed by atoms with van der Waals surface area (Å²) in [6.45, 7) is 3.63. The second-order valence-corrected chi connectivity index (χ2v) is 6.24. The first-order valence-electron chi connectivity index (χ1n) is 6.25. The lowest BCUT2D eigenvalue weighted by Gasteiger charge is -2.11.